The number of benzene rings is 1. The van der Waals surface area contributed by atoms with Crippen molar-refractivity contribution in [2.45, 2.75) is 17.5 Å². The Morgan fingerprint density at radius 2 is 2.18 bits per heavy atom. The van der Waals surface area contributed by atoms with E-state index in [0.29, 0.717) is 9.16 Å². The molecule has 7 nitrogen and oxygen atoms in total. The Labute approximate surface area is 130 Å². The van der Waals surface area contributed by atoms with Gasteiger partial charge >= 0.3 is 0 Å². The normalized spacial score (nSPS) is 11.2. The van der Waals surface area contributed by atoms with E-state index >= 15 is 0 Å². The highest BCUT2D eigenvalue weighted by atomic mass is 32.2. The first-order chi connectivity index (χ1) is 10.6. The fourth-order valence-corrected chi connectivity index (χ4v) is 3.20. The minimum atomic E-state index is -0.493. The Morgan fingerprint density at radius 1 is 1.41 bits per heavy atom. The second-order valence-electron chi connectivity index (χ2n) is 4.74. The van der Waals surface area contributed by atoms with Crippen LogP contribution in [0.4, 0.5) is 0 Å². The van der Waals surface area contributed by atoms with E-state index in [1.54, 1.807) is 36.7 Å². The molecule has 3 rings (SSSR count). The fourth-order valence-electron chi connectivity index (χ4n) is 2.25. The van der Waals surface area contributed by atoms with Crippen molar-refractivity contribution in [3.8, 4) is 0 Å². The van der Waals surface area contributed by atoms with Gasteiger partial charge < -0.3 is 19.6 Å². The molecule has 114 valence electrons. The van der Waals surface area contributed by atoms with E-state index < -0.39 is 6.61 Å². The molecule has 0 fully saturated rings. The van der Waals surface area contributed by atoms with Gasteiger partial charge in [0, 0.05) is 36.2 Å². The predicted octanol–water partition coefficient (Wildman–Crippen LogP) is 1.42. The van der Waals surface area contributed by atoms with Crippen LogP contribution in [-0.2, 0) is 19.4 Å². The number of fused-ring (bicyclic) bond motifs is 1. The number of hydrogen-bond donors (Lipinski definition) is 1. The summed E-state index contributed by atoms with van der Waals surface area (Å²) in [6.07, 6.45) is 3.46. The highest BCUT2D eigenvalue weighted by Crippen LogP contribution is 2.23. The lowest BCUT2D eigenvalue weighted by Crippen LogP contribution is -2.27. The number of thioether (sulfide) groups is 1. The highest BCUT2D eigenvalue weighted by Gasteiger charge is 2.21. The van der Waals surface area contributed by atoms with Gasteiger partial charge in [0.25, 0.3) is 11.2 Å². The molecule has 0 spiro atoms. The standard InChI is InChI=1S/C14H14N4O3S/c1-16-7-6-15-14(16)22-9-13-12(8-19)17(20)10-4-2-3-5-11(10)18(13)21/h2-7,19H,8-9H2,1H3. The van der Waals surface area contributed by atoms with Gasteiger partial charge in [0.05, 0.1) is 10.1 Å². The molecule has 0 saturated heterocycles. The third-order valence-corrected chi connectivity index (χ3v) is 4.48. The third kappa shape index (κ3) is 2.36. The number of aliphatic hydroxyl groups excluding tert-OH is 1. The molecular weight excluding hydrogens is 304 g/mol. The molecule has 22 heavy (non-hydrogen) atoms. The van der Waals surface area contributed by atoms with Gasteiger partial charge in [0.1, 0.15) is 12.1 Å². The highest BCUT2D eigenvalue weighted by molar-refractivity contribution is 7.98. The number of aromatic nitrogens is 4. The summed E-state index contributed by atoms with van der Waals surface area (Å²) >= 11 is 1.34. The average Bonchev–Trinajstić information content (AvgIpc) is 2.94. The second-order valence-corrected chi connectivity index (χ2v) is 5.68. The maximum absolute atomic E-state index is 12.5. The molecule has 0 atom stereocenters. The van der Waals surface area contributed by atoms with Gasteiger partial charge in [0.15, 0.2) is 5.16 Å². The Hall–Kier alpha value is -2.32. The average molecular weight is 318 g/mol. The summed E-state index contributed by atoms with van der Waals surface area (Å²) < 4.78 is 3.16. The first-order valence-corrected chi connectivity index (χ1v) is 7.58. The smallest absolute Gasteiger partial charge is 0.286 e. The summed E-state index contributed by atoms with van der Waals surface area (Å²) in [5.41, 5.74) is 0.831. The van der Waals surface area contributed by atoms with E-state index in [9.17, 15) is 15.2 Å². The van der Waals surface area contributed by atoms with Crippen molar-refractivity contribution in [3.05, 3.63) is 58.2 Å². The predicted molar refractivity (Wildman–Crippen MR) is 82.8 cm³/mol. The lowest BCUT2D eigenvalue weighted by atomic mass is 10.2. The first kappa shape index (κ1) is 14.6. The summed E-state index contributed by atoms with van der Waals surface area (Å²) in [6.45, 7) is -0.493. The van der Waals surface area contributed by atoms with Crippen molar-refractivity contribution >= 4 is 22.8 Å². The first-order valence-electron chi connectivity index (χ1n) is 6.60. The van der Waals surface area contributed by atoms with Crippen LogP contribution in [0.1, 0.15) is 11.4 Å². The number of para-hydroxylation sites is 2. The lowest BCUT2D eigenvalue weighted by molar-refractivity contribution is -0.479. The molecule has 1 N–H and O–H groups in total. The number of aryl methyl sites for hydroxylation is 1. The van der Waals surface area contributed by atoms with Crippen molar-refractivity contribution in [3.63, 3.8) is 0 Å². The Morgan fingerprint density at radius 3 is 2.86 bits per heavy atom. The van der Waals surface area contributed by atoms with Crippen LogP contribution in [-0.4, -0.2) is 19.4 Å². The van der Waals surface area contributed by atoms with Crippen molar-refractivity contribution in [2.75, 3.05) is 0 Å². The van der Waals surface area contributed by atoms with E-state index in [2.05, 4.69) is 4.98 Å². The van der Waals surface area contributed by atoms with E-state index in [-0.39, 0.29) is 28.2 Å². The van der Waals surface area contributed by atoms with E-state index in [4.69, 9.17) is 0 Å². The second kappa shape index (κ2) is 5.82. The molecule has 1 aromatic carbocycles. The minimum Gasteiger partial charge on any atom is -0.805 e. The number of rotatable bonds is 4. The number of aliphatic hydroxyl groups is 1. The molecule has 0 unspecified atom stereocenters. The van der Waals surface area contributed by atoms with Crippen molar-refractivity contribution in [2.24, 2.45) is 7.05 Å². The largest absolute Gasteiger partial charge is 0.805 e. The van der Waals surface area contributed by atoms with Crippen LogP contribution in [0, 0.1) is 10.1 Å². The van der Waals surface area contributed by atoms with Crippen molar-refractivity contribution in [1.82, 2.24) is 14.3 Å². The van der Waals surface area contributed by atoms with Gasteiger partial charge in [0.2, 0.25) is 0 Å². The SMILES string of the molecule is Cn1ccnc1SCc1c(CO)[n+](=O)c2ccccc2n1[O-]. The molecule has 3 aromatic rings. The molecular formula is C14H14N4O3S. The van der Waals surface area contributed by atoms with Gasteiger partial charge in [-0.05, 0) is 6.07 Å². The van der Waals surface area contributed by atoms with Crippen LogP contribution in [0.15, 0.2) is 41.8 Å². The molecule has 0 aliphatic rings. The lowest BCUT2D eigenvalue weighted by Gasteiger charge is -2.18. The topological polar surface area (TPSA) is 89.0 Å². The van der Waals surface area contributed by atoms with Crippen molar-refractivity contribution < 1.29 is 9.53 Å². The molecule has 0 radical (unpaired) electrons. The Kier molecular flexibility index (Phi) is 3.86. The summed E-state index contributed by atoms with van der Waals surface area (Å²) in [4.78, 5) is 16.5. The summed E-state index contributed by atoms with van der Waals surface area (Å²) in [5, 5.41) is 22.7. The summed E-state index contributed by atoms with van der Waals surface area (Å²) in [7, 11) is 1.85. The Bertz CT molecular complexity index is 887. The van der Waals surface area contributed by atoms with E-state index in [1.807, 2.05) is 11.6 Å². The van der Waals surface area contributed by atoms with Crippen LogP contribution >= 0.6 is 11.8 Å². The molecule has 0 aliphatic heterocycles. The van der Waals surface area contributed by atoms with Gasteiger partial charge in [-0.3, -0.25) is 0 Å². The Balaban J connectivity index is 2.10. The maximum Gasteiger partial charge on any atom is 0.286 e. The van der Waals surface area contributed by atoms with Gasteiger partial charge in [-0.25, -0.2) is 4.98 Å². The van der Waals surface area contributed by atoms with Crippen LogP contribution in [0.3, 0.4) is 0 Å². The third-order valence-electron chi connectivity index (χ3n) is 3.41. The zero-order chi connectivity index (χ0) is 15.7. The van der Waals surface area contributed by atoms with Gasteiger partial charge in [-0.15, -0.1) is 0 Å². The number of imidazole rings is 1. The molecule has 0 saturated carbocycles. The van der Waals surface area contributed by atoms with Gasteiger partial charge in [-0.2, -0.15) is 0 Å². The molecule has 8 heteroatoms. The minimum absolute atomic E-state index is 0.0652. The van der Waals surface area contributed by atoms with Gasteiger partial charge in [-0.1, -0.05) is 23.9 Å². The molecule has 0 amide bonds. The maximum atomic E-state index is 12.5. The van der Waals surface area contributed by atoms with Crippen LogP contribution < -0.4 is 4.43 Å². The van der Waals surface area contributed by atoms with Crippen LogP contribution in [0.2, 0.25) is 0 Å². The zero-order valence-electron chi connectivity index (χ0n) is 11.8. The van der Waals surface area contributed by atoms with Crippen LogP contribution in [0.5, 0.6) is 0 Å². The van der Waals surface area contributed by atoms with E-state index in [0.717, 1.165) is 5.16 Å². The van der Waals surface area contributed by atoms with Crippen LogP contribution in [0.25, 0.3) is 11.0 Å². The monoisotopic (exact) mass is 318 g/mol. The number of nitrogens with zero attached hydrogens (tertiary/aromatic N) is 4. The van der Waals surface area contributed by atoms with E-state index in [1.165, 1.54) is 11.8 Å². The molecule has 2 heterocycles. The summed E-state index contributed by atoms with van der Waals surface area (Å²) in [5.74, 6) is 0.247. The molecule has 0 aliphatic carbocycles. The number of hydrogen-bond acceptors (Lipinski definition) is 5. The summed E-state index contributed by atoms with van der Waals surface area (Å²) in [6, 6.07) is 6.53. The zero-order valence-corrected chi connectivity index (χ0v) is 12.7. The molecule has 2 aromatic heterocycles. The quantitative estimate of drug-likeness (QED) is 0.580. The van der Waals surface area contributed by atoms with Crippen molar-refractivity contribution in [1.29, 1.82) is 0 Å². The fraction of sp³-hybridized carbons (Fsp3) is 0.214. The molecule has 0 bridgehead atoms.